The maximum Gasteiger partial charge on any atom is 0.263 e. The van der Waals surface area contributed by atoms with E-state index in [0.29, 0.717) is 0 Å². The number of methoxy groups -OCH3 is 2. The molecule has 0 amide bonds. The Morgan fingerprint density at radius 3 is 2.53 bits per heavy atom. The van der Waals surface area contributed by atoms with Crippen molar-refractivity contribution in [1.82, 2.24) is 0 Å². The topological polar surface area (TPSA) is 25.6 Å². The third-order valence-electron chi connectivity index (χ3n) is 5.19. The summed E-state index contributed by atoms with van der Waals surface area (Å²) in [7, 11) is 3.25. The number of allylic oxidation sites excluding steroid dienone is 2. The Balaban J connectivity index is 1.71. The van der Waals surface area contributed by atoms with Gasteiger partial charge in [-0.25, -0.2) is 8.78 Å². The van der Waals surface area contributed by atoms with Crippen LogP contribution >= 0.6 is 23.1 Å². The molecule has 0 saturated carbocycles. The first-order valence-electron chi connectivity index (χ1n) is 10.2. The molecule has 4 nitrogen and oxygen atoms in total. The molecular formula is C24H25F2N2O2S2+. The summed E-state index contributed by atoms with van der Waals surface area (Å²) in [5, 5.41) is 1.92. The Kier molecular flexibility index (Phi) is 7.01. The average molecular weight is 476 g/mol. The predicted molar refractivity (Wildman–Crippen MR) is 128 cm³/mol. The lowest BCUT2D eigenvalue weighted by Crippen LogP contribution is -2.36. The van der Waals surface area contributed by atoms with E-state index in [4.69, 9.17) is 9.47 Å². The van der Waals surface area contributed by atoms with E-state index in [2.05, 4.69) is 12.2 Å². The number of anilines is 1. The lowest BCUT2D eigenvalue weighted by Gasteiger charge is -2.19. The van der Waals surface area contributed by atoms with Gasteiger partial charge in [0.15, 0.2) is 6.54 Å². The normalized spacial score (nSPS) is 15.0. The summed E-state index contributed by atoms with van der Waals surface area (Å²) in [6.07, 6.45) is 4.11. The van der Waals surface area contributed by atoms with Gasteiger partial charge in [-0.15, -0.1) is 0 Å². The van der Waals surface area contributed by atoms with E-state index in [1.54, 1.807) is 37.3 Å². The van der Waals surface area contributed by atoms with Crippen LogP contribution in [-0.4, -0.2) is 34.1 Å². The second-order valence-electron chi connectivity index (χ2n) is 7.26. The van der Waals surface area contributed by atoms with Crippen LogP contribution < -0.4 is 18.9 Å². The molecule has 8 heteroatoms. The Bertz CT molecular complexity index is 1190. The van der Waals surface area contributed by atoms with Crippen LogP contribution in [0, 0.1) is 0 Å². The Hall–Kier alpha value is -2.58. The number of aryl methyl sites for hydroxylation is 1. The maximum atomic E-state index is 13.3. The maximum absolute atomic E-state index is 13.3. The number of ether oxygens (including phenoxy) is 2. The number of benzene rings is 2. The Labute approximate surface area is 194 Å². The van der Waals surface area contributed by atoms with E-state index in [1.807, 2.05) is 52.8 Å². The quantitative estimate of drug-likeness (QED) is 0.373. The van der Waals surface area contributed by atoms with Crippen LogP contribution in [-0.2, 0) is 6.54 Å². The van der Waals surface area contributed by atoms with Crippen LogP contribution in [0.4, 0.5) is 14.5 Å². The first kappa shape index (κ1) is 22.6. The van der Waals surface area contributed by atoms with Gasteiger partial charge >= 0.3 is 0 Å². The fourth-order valence-corrected chi connectivity index (χ4v) is 6.05. The molecule has 0 aliphatic carbocycles. The molecule has 0 atom stereocenters. The van der Waals surface area contributed by atoms with Crippen LogP contribution in [0.3, 0.4) is 0 Å². The highest BCUT2D eigenvalue weighted by atomic mass is 32.2. The number of fused-ring (bicyclic) bond motifs is 2. The summed E-state index contributed by atoms with van der Waals surface area (Å²) in [6, 6.07) is 11.7. The van der Waals surface area contributed by atoms with E-state index in [-0.39, 0.29) is 13.1 Å². The number of halogens is 2. The van der Waals surface area contributed by atoms with Gasteiger partial charge in [-0.2, -0.15) is 4.57 Å². The third-order valence-corrected chi connectivity index (χ3v) is 7.42. The van der Waals surface area contributed by atoms with Crippen molar-refractivity contribution in [2.75, 3.05) is 39.0 Å². The summed E-state index contributed by atoms with van der Waals surface area (Å²) < 4.78 is 40.4. The number of rotatable bonds is 8. The minimum absolute atomic E-state index is 0.275. The van der Waals surface area contributed by atoms with Gasteiger partial charge in [0.05, 0.1) is 37.5 Å². The zero-order valence-corrected chi connectivity index (χ0v) is 19.9. The van der Waals surface area contributed by atoms with Gasteiger partial charge in [0.2, 0.25) is 5.52 Å². The number of aromatic nitrogens is 1. The van der Waals surface area contributed by atoms with Crippen molar-refractivity contribution in [3.63, 3.8) is 0 Å². The molecule has 1 aromatic heterocycles. The van der Waals surface area contributed by atoms with Crippen LogP contribution in [0.15, 0.2) is 58.0 Å². The fraction of sp³-hybridized carbons (Fsp3) is 0.292. The largest absolute Gasteiger partial charge is 0.497 e. The lowest BCUT2D eigenvalue weighted by atomic mass is 10.2. The van der Waals surface area contributed by atoms with Gasteiger partial charge in [0.25, 0.3) is 5.01 Å². The van der Waals surface area contributed by atoms with Crippen molar-refractivity contribution < 1.29 is 22.8 Å². The summed E-state index contributed by atoms with van der Waals surface area (Å²) in [5.74, 6) is 1.49. The molecule has 0 bridgehead atoms. The lowest BCUT2D eigenvalue weighted by molar-refractivity contribution is -0.668. The number of thioether (sulfide) groups is 1. The summed E-state index contributed by atoms with van der Waals surface area (Å²) in [5.41, 5.74) is 2.90. The fourth-order valence-electron chi connectivity index (χ4n) is 3.69. The highest BCUT2D eigenvalue weighted by Gasteiger charge is 2.26. The second-order valence-corrected chi connectivity index (χ2v) is 9.39. The van der Waals surface area contributed by atoms with E-state index < -0.39 is 13.3 Å². The SMILES string of the molecule is COc1ccc2c(c1)N(CCF)C(=CC(C)=Cc1sc3ccc(OC)cc3[n+]1CCF)S2. The molecule has 168 valence electrons. The highest BCUT2D eigenvalue weighted by Crippen LogP contribution is 2.47. The molecule has 3 aromatic rings. The van der Waals surface area contributed by atoms with Gasteiger partial charge in [-0.1, -0.05) is 23.1 Å². The minimum atomic E-state index is -0.452. The second kappa shape index (κ2) is 9.92. The molecule has 0 saturated heterocycles. The van der Waals surface area contributed by atoms with Crippen LogP contribution in [0.5, 0.6) is 11.5 Å². The molecule has 0 fully saturated rings. The molecule has 32 heavy (non-hydrogen) atoms. The predicted octanol–water partition coefficient (Wildman–Crippen LogP) is 6.00. The Morgan fingerprint density at radius 2 is 1.81 bits per heavy atom. The smallest absolute Gasteiger partial charge is 0.263 e. The van der Waals surface area contributed by atoms with Crippen molar-refractivity contribution in [1.29, 1.82) is 0 Å². The zero-order chi connectivity index (χ0) is 22.7. The molecule has 0 N–H and O–H groups in total. The number of thiazole rings is 1. The number of hydrogen-bond donors (Lipinski definition) is 0. The minimum Gasteiger partial charge on any atom is -0.497 e. The van der Waals surface area contributed by atoms with E-state index in [1.165, 1.54) is 0 Å². The van der Waals surface area contributed by atoms with E-state index in [0.717, 1.165) is 47.9 Å². The van der Waals surface area contributed by atoms with Gasteiger partial charge in [-0.05, 0) is 42.8 Å². The first-order chi connectivity index (χ1) is 15.6. The van der Waals surface area contributed by atoms with Gasteiger partial charge in [-0.3, -0.25) is 0 Å². The Morgan fingerprint density at radius 1 is 1.06 bits per heavy atom. The highest BCUT2D eigenvalue weighted by molar-refractivity contribution is 8.03. The van der Waals surface area contributed by atoms with Gasteiger partial charge in [0.1, 0.15) is 29.5 Å². The molecule has 1 aliphatic heterocycles. The summed E-state index contributed by atoms with van der Waals surface area (Å²) in [6.45, 7) is 1.65. The van der Waals surface area contributed by atoms with Crippen molar-refractivity contribution in [2.24, 2.45) is 0 Å². The first-order valence-corrected chi connectivity index (χ1v) is 11.9. The van der Waals surface area contributed by atoms with E-state index in [9.17, 15) is 8.78 Å². The van der Waals surface area contributed by atoms with Crippen molar-refractivity contribution in [3.8, 4) is 11.5 Å². The van der Waals surface area contributed by atoms with Crippen molar-refractivity contribution in [2.45, 2.75) is 18.4 Å². The molecule has 2 aromatic carbocycles. The molecule has 0 unspecified atom stereocenters. The summed E-state index contributed by atoms with van der Waals surface area (Å²) in [4.78, 5) is 3.05. The molecular weight excluding hydrogens is 450 g/mol. The number of nitrogens with zero attached hydrogens (tertiary/aromatic N) is 2. The standard InChI is InChI=1S/C24H25F2N2O2S2/c1-16(12-23-27(10-8-25)19-14-17(29-2)4-6-21(19)31-23)13-24-28(11-9-26)20-15-18(30-3)5-7-22(20)32-24/h4-7,12-15H,8-11H2,1-3H3/q+1. The number of alkyl halides is 2. The van der Waals surface area contributed by atoms with Crippen molar-refractivity contribution >= 4 is 45.1 Å². The van der Waals surface area contributed by atoms with Gasteiger partial charge in [0, 0.05) is 17.0 Å². The van der Waals surface area contributed by atoms with E-state index >= 15 is 0 Å². The molecule has 0 radical (unpaired) electrons. The zero-order valence-electron chi connectivity index (χ0n) is 18.2. The van der Waals surface area contributed by atoms with Crippen LogP contribution in [0.25, 0.3) is 16.3 Å². The average Bonchev–Trinajstić information content (AvgIpc) is 3.31. The molecule has 0 spiro atoms. The molecule has 4 rings (SSSR count). The van der Waals surface area contributed by atoms with Crippen LogP contribution in [0.1, 0.15) is 11.9 Å². The van der Waals surface area contributed by atoms with Gasteiger partial charge < -0.3 is 14.4 Å². The monoisotopic (exact) mass is 475 g/mol. The van der Waals surface area contributed by atoms with Crippen molar-refractivity contribution in [3.05, 3.63) is 58.1 Å². The number of hydrogen-bond acceptors (Lipinski definition) is 5. The third kappa shape index (κ3) is 4.47. The molecule has 2 heterocycles. The molecule has 1 aliphatic rings. The van der Waals surface area contributed by atoms with Crippen LogP contribution in [0.2, 0.25) is 0 Å². The summed E-state index contributed by atoms with van der Waals surface area (Å²) >= 11 is 3.22.